The van der Waals surface area contributed by atoms with E-state index in [1.807, 2.05) is 0 Å². The standard InChI is InChI=1S/C6H11N3O4/c7-9-8-3-2-13-4(1-10)6(12)5(3)11/h3-6,10-12H,1-2H2/t3-,4-,5-,6+/m1/s1. The first kappa shape index (κ1) is 10.2. The molecule has 0 radical (unpaired) electrons. The van der Waals surface area contributed by atoms with Gasteiger partial charge in [0, 0.05) is 4.91 Å². The van der Waals surface area contributed by atoms with Crippen molar-refractivity contribution >= 4 is 0 Å². The Morgan fingerprint density at radius 1 is 1.46 bits per heavy atom. The van der Waals surface area contributed by atoms with Gasteiger partial charge in [0.2, 0.25) is 0 Å². The number of azide groups is 1. The van der Waals surface area contributed by atoms with Crippen molar-refractivity contribution in [2.75, 3.05) is 13.2 Å². The zero-order chi connectivity index (χ0) is 9.84. The lowest BCUT2D eigenvalue weighted by atomic mass is 9.99. The molecule has 7 heteroatoms. The highest BCUT2D eigenvalue weighted by Gasteiger charge is 2.37. The maximum Gasteiger partial charge on any atom is 0.109 e. The van der Waals surface area contributed by atoms with Crippen LogP contribution in [0.2, 0.25) is 0 Å². The van der Waals surface area contributed by atoms with E-state index in [1.54, 1.807) is 0 Å². The summed E-state index contributed by atoms with van der Waals surface area (Å²) in [6, 6.07) is -0.789. The maximum absolute atomic E-state index is 9.36. The minimum Gasteiger partial charge on any atom is -0.394 e. The fraction of sp³-hybridized carbons (Fsp3) is 1.00. The van der Waals surface area contributed by atoms with Gasteiger partial charge in [-0.25, -0.2) is 0 Å². The van der Waals surface area contributed by atoms with Crippen molar-refractivity contribution in [3.05, 3.63) is 10.4 Å². The van der Waals surface area contributed by atoms with Crippen molar-refractivity contribution in [1.29, 1.82) is 0 Å². The number of rotatable bonds is 2. The molecule has 74 valence electrons. The molecule has 13 heavy (non-hydrogen) atoms. The average Bonchev–Trinajstić information content (AvgIpc) is 2.14. The number of aliphatic hydroxyl groups excluding tert-OH is 3. The van der Waals surface area contributed by atoms with Gasteiger partial charge in [0.1, 0.15) is 12.2 Å². The lowest BCUT2D eigenvalue weighted by Gasteiger charge is -2.34. The van der Waals surface area contributed by atoms with Crippen molar-refractivity contribution in [3.8, 4) is 0 Å². The molecule has 1 saturated heterocycles. The summed E-state index contributed by atoms with van der Waals surface area (Å²) in [6.07, 6.45) is -3.20. The predicted octanol–water partition coefficient (Wildman–Crippen LogP) is -1.22. The summed E-state index contributed by atoms with van der Waals surface area (Å²) in [7, 11) is 0. The number of nitrogens with zero attached hydrogens (tertiary/aromatic N) is 3. The highest BCUT2D eigenvalue weighted by atomic mass is 16.5. The summed E-state index contributed by atoms with van der Waals surface area (Å²) >= 11 is 0. The second kappa shape index (κ2) is 4.40. The van der Waals surface area contributed by atoms with Gasteiger partial charge in [-0.05, 0) is 5.53 Å². The van der Waals surface area contributed by atoms with Crippen molar-refractivity contribution in [1.82, 2.24) is 0 Å². The molecule has 0 unspecified atom stereocenters. The molecule has 1 heterocycles. The first-order valence-corrected chi connectivity index (χ1v) is 3.83. The first-order valence-electron chi connectivity index (χ1n) is 3.83. The molecule has 0 saturated carbocycles. The Kier molecular flexibility index (Phi) is 3.47. The second-order valence-corrected chi connectivity index (χ2v) is 2.81. The zero-order valence-corrected chi connectivity index (χ0v) is 6.82. The second-order valence-electron chi connectivity index (χ2n) is 2.81. The van der Waals surface area contributed by atoms with Crippen LogP contribution >= 0.6 is 0 Å². The predicted molar refractivity (Wildman–Crippen MR) is 41.8 cm³/mol. The molecular formula is C6H11N3O4. The Balaban J connectivity index is 2.63. The average molecular weight is 189 g/mol. The van der Waals surface area contributed by atoms with Crippen LogP contribution in [0.15, 0.2) is 5.11 Å². The topological polar surface area (TPSA) is 119 Å². The minimum absolute atomic E-state index is 0.00745. The third kappa shape index (κ3) is 2.09. The summed E-state index contributed by atoms with van der Waals surface area (Å²) < 4.78 is 4.95. The highest BCUT2D eigenvalue weighted by Crippen LogP contribution is 2.17. The van der Waals surface area contributed by atoms with Gasteiger partial charge < -0.3 is 20.1 Å². The smallest absolute Gasteiger partial charge is 0.109 e. The van der Waals surface area contributed by atoms with Crippen LogP contribution in [-0.4, -0.2) is 52.9 Å². The number of hydrogen-bond acceptors (Lipinski definition) is 5. The molecule has 0 aliphatic carbocycles. The third-order valence-corrected chi connectivity index (χ3v) is 1.99. The van der Waals surface area contributed by atoms with E-state index in [4.69, 9.17) is 15.4 Å². The molecule has 0 aromatic heterocycles. The van der Waals surface area contributed by atoms with Crippen molar-refractivity contribution < 1.29 is 20.1 Å². The van der Waals surface area contributed by atoms with Crippen LogP contribution in [0.5, 0.6) is 0 Å². The zero-order valence-electron chi connectivity index (χ0n) is 6.82. The monoisotopic (exact) mass is 189 g/mol. The van der Waals surface area contributed by atoms with Gasteiger partial charge in [0.25, 0.3) is 0 Å². The van der Waals surface area contributed by atoms with Gasteiger partial charge in [-0.1, -0.05) is 5.11 Å². The van der Waals surface area contributed by atoms with Crippen LogP contribution < -0.4 is 0 Å². The Morgan fingerprint density at radius 2 is 2.15 bits per heavy atom. The molecule has 0 aromatic rings. The van der Waals surface area contributed by atoms with Crippen LogP contribution in [-0.2, 0) is 4.74 Å². The molecule has 0 amide bonds. The number of aliphatic hydroxyl groups is 3. The highest BCUT2D eigenvalue weighted by molar-refractivity contribution is 4.90. The van der Waals surface area contributed by atoms with Crippen LogP contribution in [0, 0.1) is 0 Å². The maximum atomic E-state index is 9.36. The SMILES string of the molecule is [N-]=[N+]=N[C@@H]1CO[C@H](CO)[C@H](O)[C@@H]1O. The summed E-state index contributed by atoms with van der Waals surface area (Å²) in [6.45, 7) is -0.366. The van der Waals surface area contributed by atoms with E-state index in [2.05, 4.69) is 10.0 Å². The lowest BCUT2D eigenvalue weighted by Crippen LogP contribution is -2.53. The van der Waals surface area contributed by atoms with Crippen molar-refractivity contribution in [2.45, 2.75) is 24.4 Å². The van der Waals surface area contributed by atoms with Gasteiger partial charge in [-0.15, -0.1) is 0 Å². The third-order valence-electron chi connectivity index (χ3n) is 1.99. The van der Waals surface area contributed by atoms with Gasteiger partial charge in [-0.3, -0.25) is 0 Å². The van der Waals surface area contributed by atoms with E-state index >= 15 is 0 Å². The lowest BCUT2D eigenvalue weighted by molar-refractivity contribution is -0.155. The van der Waals surface area contributed by atoms with Crippen LogP contribution in [0.4, 0.5) is 0 Å². The Morgan fingerprint density at radius 3 is 2.69 bits per heavy atom. The van der Waals surface area contributed by atoms with Crippen molar-refractivity contribution in [2.24, 2.45) is 5.11 Å². The van der Waals surface area contributed by atoms with Gasteiger partial charge in [-0.2, -0.15) is 0 Å². The fourth-order valence-electron chi connectivity index (χ4n) is 1.20. The van der Waals surface area contributed by atoms with E-state index in [1.165, 1.54) is 0 Å². The first-order chi connectivity index (χ1) is 6.20. The van der Waals surface area contributed by atoms with E-state index in [0.29, 0.717) is 0 Å². The molecule has 1 aliphatic heterocycles. The molecule has 1 rings (SSSR count). The van der Waals surface area contributed by atoms with E-state index in [9.17, 15) is 10.2 Å². The van der Waals surface area contributed by atoms with Crippen molar-refractivity contribution in [3.63, 3.8) is 0 Å². The van der Waals surface area contributed by atoms with Gasteiger partial charge in [0.15, 0.2) is 0 Å². The summed E-state index contributed by atoms with van der Waals surface area (Å²) in [5, 5.41) is 30.6. The van der Waals surface area contributed by atoms with E-state index in [-0.39, 0.29) is 13.2 Å². The molecule has 1 aliphatic rings. The molecule has 4 atom stereocenters. The molecule has 0 bridgehead atoms. The Hall–Kier alpha value is -0.850. The van der Waals surface area contributed by atoms with Gasteiger partial charge in [0.05, 0.1) is 25.4 Å². The molecule has 7 nitrogen and oxygen atoms in total. The molecule has 1 fully saturated rings. The fourth-order valence-corrected chi connectivity index (χ4v) is 1.20. The molecule has 0 aromatic carbocycles. The largest absolute Gasteiger partial charge is 0.394 e. The molecule has 0 spiro atoms. The van der Waals surface area contributed by atoms with Crippen LogP contribution in [0.3, 0.4) is 0 Å². The summed E-state index contributed by atoms with van der Waals surface area (Å²) in [4.78, 5) is 2.51. The number of ether oxygens (including phenoxy) is 1. The Labute approximate surface area is 74.2 Å². The minimum atomic E-state index is -1.21. The normalized spacial score (nSPS) is 39.6. The van der Waals surface area contributed by atoms with E-state index < -0.39 is 24.4 Å². The summed E-state index contributed by atoms with van der Waals surface area (Å²) in [5.41, 5.74) is 8.11. The summed E-state index contributed by atoms with van der Waals surface area (Å²) in [5.74, 6) is 0. The van der Waals surface area contributed by atoms with E-state index in [0.717, 1.165) is 0 Å². The molecule has 3 N–H and O–H groups in total. The quantitative estimate of drug-likeness (QED) is 0.286. The Bertz CT molecular complexity index is 218. The molecular weight excluding hydrogens is 178 g/mol. The number of hydrogen-bond donors (Lipinski definition) is 3. The van der Waals surface area contributed by atoms with Crippen LogP contribution in [0.25, 0.3) is 10.4 Å². The van der Waals surface area contributed by atoms with Gasteiger partial charge >= 0.3 is 0 Å². The van der Waals surface area contributed by atoms with Crippen LogP contribution in [0.1, 0.15) is 0 Å².